The Morgan fingerprint density at radius 2 is 2.03 bits per heavy atom. The number of nitrogens with zero attached hydrogens (tertiary/aromatic N) is 5. The Labute approximate surface area is 175 Å². The van der Waals surface area contributed by atoms with Gasteiger partial charge >= 0.3 is 0 Å². The van der Waals surface area contributed by atoms with Crippen LogP contribution in [0.5, 0.6) is 5.75 Å². The molecule has 154 valence electrons. The Kier molecular flexibility index (Phi) is 4.65. The van der Waals surface area contributed by atoms with E-state index in [9.17, 15) is 0 Å². The predicted octanol–water partition coefficient (Wildman–Crippen LogP) is 4.30. The topological polar surface area (TPSA) is 69.2 Å². The third-order valence-corrected chi connectivity index (χ3v) is 5.59. The van der Waals surface area contributed by atoms with E-state index in [1.54, 1.807) is 6.26 Å². The Morgan fingerprint density at radius 1 is 1.17 bits per heavy atom. The smallest absolute Gasteiger partial charge is 0.193 e. The summed E-state index contributed by atoms with van der Waals surface area (Å²) in [5.41, 5.74) is 3.80. The number of aryl methyl sites for hydroxylation is 1. The van der Waals surface area contributed by atoms with Gasteiger partial charge in [0.05, 0.1) is 29.3 Å². The van der Waals surface area contributed by atoms with Gasteiger partial charge in [0.1, 0.15) is 18.7 Å². The van der Waals surface area contributed by atoms with Gasteiger partial charge in [0.15, 0.2) is 17.5 Å². The number of likely N-dealkylation sites (N-methyl/N-ethyl adjacent to an activating group) is 1. The van der Waals surface area contributed by atoms with Crippen LogP contribution in [0, 0.1) is 0 Å². The molecule has 1 aliphatic heterocycles. The van der Waals surface area contributed by atoms with Crippen LogP contribution in [0.25, 0.3) is 22.4 Å². The second kappa shape index (κ2) is 7.48. The fourth-order valence-corrected chi connectivity index (χ4v) is 4.05. The highest BCUT2D eigenvalue weighted by molar-refractivity contribution is 5.81. The highest BCUT2D eigenvalue weighted by Gasteiger charge is 2.26. The van der Waals surface area contributed by atoms with Crippen LogP contribution in [0.4, 0.5) is 5.82 Å². The van der Waals surface area contributed by atoms with Gasteiger partial charge in [0.2, 0.25) is 0 Å². The van der Waals surface area contributed by atoms with Gasteiger partial charge in [-0.2, -0.15) is 0 Å². The normalized spacial score (nSPS) is 16.0. The van der Waals surface area contributed by atoms with Gasteiger partial charge in [-0.3, -0.25) is 0 Å². The number of ether oxygens (including phenoxy) is 1. The lowest BCUT2D eigenvalue weighted by Crippen LogP contribution is -2.41. The minimum atomic E-state index is 0.311. The number of imidazole rings is 1. The molecule has 4 aromatic rings. The van der Waals surface area contributed by atoms with Crippen LogP contribution in [0.2, 0.25) is 0 Å². The fraction of sp³-hybridized carbons (Fsp3) is 0.348. The van der Waals surface area contributed by atoms with E-state index in [1.165, 1.54) is 0 Å². The van der Waals surface area contributed by atoms with Crippen LogP contribution in [-0.2, 0) is 13.0 Å². The monoisotopic (exact) mass is 403 g/mol. The van der Waals surface area contributed by atoms with Crippen molar-refractivity contribution in [2.24, 2.45) is 0 Å². The van der Waals surface area contributed by atoms with Crippen LogP contribution in [0.1, 0.15) is 32.4 Å². The Bertz CT molecular complexity index is 1200. The number of hydrogen-bond donors (Lipinski definition) is 0. The lowest BCUT2D eigenvalue weighted by Gasteiger charge is -2.34. The molecule has 30 heavy (non-hydrogen) atoms. The molecule has 1 aromatic carbocycles. The highest BCUT2D eigenvalue weighted by Crippen LogP contribution is 2.35. The molecule has 0 saturated carbocycles. The largest absolute Gasteiger partial charge is 0.488 e. The van der Waals surface area contributed by atoms with E-state index in [1.807, 2.05) is 31.3 Å². The second-order valence-electron chi connectivity index (χ2n) is 7.59. The standard InChI is InChI=1S/C23H25N5O2/c1-4-21-25-17(14-30-21)12-28-19-9-7-6-8-18(19)26-22(28)16-10-20-23(24-11-16)27(5-2)15(3)13-29-20/h6-11,14-15H,4-5,12-13H2,1-3H3. The molecule has 7 heteroatoms. The molecule has 0 radical (unpaired) electrons. The van der Waals surface area contributed by atoms with Gasteiger partial charge in [-0.15, -0.1) is 0 Å². The molecular formula is C23H25N5O2. The van der Waals surface area contributed by atoms with E-state index >= 15 is 0 Å². The maximum Gasteiger partial charge on any atom is 0.193 e. The van der Waals surface area contributed by atoms with Crippen molar-refractivity contribution in [3.8, 4) is 17.1 Å². The van der Waals surface area contributed by atoms with Crippen LogP contribution < -0.4 is 9.64 Å². The average Bonchev–Trinajstić information content (AvgIpc) is 3.38. The summed E-state index contributed by atoms with van der Waals surface area (Å²) >= 11 is 0. The molecule has 0 fully saturated rings. The van der Waals surface area contributed by atoms with Crippen molar-refractivity contribution in [1.82, 2.24) is 19.5 Å². The molecule has 1 unspecified atom stereocenters. The summed E-state index contributed by atoms with van der Waals surface area (Å²) in [6.45, 7) is 8.46. The SMILES string of the molecule is CCc1nc(Cn2c(-c3cnc4c(c3)OCC(C)N4CC)nc3ccccc32)co1. The number of fused-ring (bicyclic) bond motifs is 2. The van der Waals surface area contributed by atoms with E-state index < -0.39 is 0 Å². The minimum absolute atomic E-state index is 0.311. The van der Waals surface area contributed by atoms with E-state index in [0.29, 0.717) is 19.2 Å². The summed E-state index contributed by atoms with van der Waals surface area (Å²) in [5, 5.41) is 0. The van der Waals surface area contributed by atoms with Crippen molar-refractivity contribution in [2.75, 3.05) is 18.1 Å². The third-order valence-electron chi connectivity index (χ3n) is 5.59. The van der Waals surface area contributed by atoms with Gasteiger partial charge < -0.3 is 18.6 Å². The van der Waals surface area contributed by atoms with Crippen molar-refractivity contribution < 1.29 is 9.15 Å². The van der Waals surface area contributed by atoms with Crippen LogP contribution in [0.15, 0.2) is 47.2 Å². The molecule has 0 aliphatic carbocycles. The van der Waals surface area contributed by atoms with E-state index in [0.717, 1.165) is 58.5 Å². The number of aromatic nitrogens is 4. The molecule has 0 bridgehead atoms. The maximum absolute atomic E-state index is 6.01. The lowest BCUT2D eigenvalue weighted by molar-refractivity contribution is 0.269. The van der Waals surface area contributed by atoms with E-state index in [-0.39, 0.29) is 0 Å². The maximum atomic E-state index is 6.01. The number of anilines is 1. The van der Waals surface area contributed by atoms with Gasteiger partial charge in [0.25, 0.3) is 0 Å². The summed E-state index contributed by atoms with van der Waals surface area (Å²) in [7, 11) is 0. The predicted molar refractivity (Wildman–Crippen MR) is 116 cm³/mol. The molecule has 4 heterocycles. The highest BCUT2D eigenvalue weighted by atomic mass is 16.5. The Morgan fingerprint density at radius 3 is 2.83 bits per heavy atom. The first kappa shape index (κ1) is 18.7. The fourth-order valence-electron chi connectivity index (χ4n) is 4.05. The summed E-state index contributed by atoms with van der Waals surface area (Å²) in [4.78, 5) is 16.5. The number of para-hydroxylation sites is 2. The zero-order chi connectivity index (χ0) is 20.7. The van der Waals surface area contributed by atoms with Crippen molar-refractivity contribution in [1.29, 1.82) is 0 Å². The van der Waals surface area contributed by atoms with Crippen molar-refractivity contribution in [2.45, 2.75) is 39.8 Å². The van der Waals surface area contributed by atoms with Crippen molar-refractivity contribution in [3.05, 3.63) is 54.4 Å². The van der Waals surface area contributed by atoms with Gasteiger partial charge in [-0.05, 0) is 32.0 Å². The van der Waals surface area contributed by atoms with E-state index in [2.05, 4.69) is 40.4 Å². The van der Waals surface area contributed by atoms with Gasteiger partial charge in [-0.25, -0.2) is 15.0 Å². The summed E-state index contributed by atoms with van der Waals surface area (Å²) < 4.78 is 13.7. The molecule has 3 aromatic heterocycles. The molecular weight excluding hydrogens is 378 g/mol. The summed E-state index contributed by atoms with van der Waals surface area (Å²) in [5.74, 6) is 3.29. The second-order valence-corrected chi connectivity index (χ2v) is 7.59. The first-order chi connectivity index (χ1) is 14.7. The number of benzene rings is 1. The van der Waals surface area contributed by atoms with Gasteiger partial charge in [0, 0.05) is 24.7 Å². The van der Waals surface area contributed by atoms with Crippen molar-refractivity contribution in [3.63, 3.8) is 0 Å². The van der Waals surface area contributed by atoms with Crippen LogP contribution in [0.3, 0.4) is 0 Å². The number of rotatable bonds is 5. The minimum Gasteiger partial charge on any atom is -0.488 e. The van der Waals surface area contributed by atoms with Gasteiger partial charge in [-0.1, -0.05) is 19.1 Å². The first-order valence-corrected chi connectivity index (χ1v) is 10.5. The quantitative estimate of drug-likeness (QED) is 0.495. The zero-order valence-corrected chi connectivity index (χ0v) is 17.5. The Balaban J connectivity index is 1.60. The molecule has 1 atom stereocenters. The van der Waals surface area contributed by atoms with Crippen LogP contribution >= 0.6 is 0 Å². The zero-order valence-electron chi connectivity index (χ0n) is 17.5. The van der Waals surface area contributed by atoms with Crippen LogP contribution in [-0.4, -0.2) is 38.7 Å². The molecule has 0 N–H and O–H groups in total. The number of pyridine rings is 1. The molecule has 0 amide bonds. The number of hydrogen-bond acceptors (Lipinski definition) is 6. The molecule has 1 aliphatic rings. The first-order valence-electron chi connectivity index (χ1n) is 10.5. The van der Waals surface area contributed by atoms with Crippen molar-refractivity contribution >= 4 is 16.9 Å². The third kappa shape index (κ3) is 3.10. The summed E-state index contributed by atoms with van der Waals surface area (Å²) in [6, 6.07) is 10.5. The molecule has 0 saturated heterocycles. The lowest BCUT2D eigenvalue weighted by atomic mass is 10.2. The molecule has 7 nitrogen and oxygen atoms in total. The average molecular weight is 403 g/mol. The Hall–Kier alpha value is -3.35. The molecule has 5 rings (SSSR count). The summed E-state index contributed by atoms with van der Waals surface area (Å²) in [6.07, 6.45) is 4.39. The number of oxazole rings is 1. The van der Waals surface area contributed by atoms with E-state index in [4.69, 9.17) is 19.1 Å². The molecule has 0 spiro atoms.